The second kappa shape index (κ2) is 10.9. The topological polar surface area (TPSA) is 149 Å². The van der Waals surface area contributed by atoms with Gasteiger partial charge in [-0.05, 0) is 59.1 Å². The summed E-state index contributed by atoms with van der Waals surface area (Å²) in [5.74, 6) is -1.01. The normalized spacial score (nSPS) is 18.8. The van der Waals surface area contributed by atoms with Crippen LogP contribution in [0.5, 0.6) is 0 Å². The number of carbonyl (C=O) groups is 4. The number of nitrogens with one attached hydrogen (secondary N) is 2. The lowest BCUT2D eigenvalue weighted by molar-refractivity contribution is -0.135. The number of fused-ring (bicyclic) bond motifs is 1. The highest BCUT2D eigenvalue weighted by Crippen LogP contribution is 2.24. The Morgan fingerprint density at radius 1 is 1.13 bits per heavy atom. The Balaban J connectivity index is 1.39. The number of ether oxygens (including phenoxy) is 2. The minimum Gasteiger partial charge on any atom is -0.444 e. The predicted octanol–water partition coefficient (Wildman–Crippen LogP) is 2.04. The van der Waals surface area contributed by atoms with Crippen LogP contribution in [0.3, 0.4) is 0 Å². The summed E-state index contributed by atoms with van der Waals surface area (Å²) in [6.45, 7) is 7.83. The molecule has 0 radical (unpaired) electrons. The first-order chi connectivity index (χ1) is 17.9. The number of anilines is 1. The van der Waals surface area contributed by atoms with Gasteiger partial charge >= 0.3 is 6.09 Å². The maximum absolute atomic E-state index is 13.3. The maximum atomic E-state index is 13.3. The highest BCUT2D eigenvalue weighted by molar-refractivity contribution is 6.01. The number of benzene rings is 1. The fraction of sp³-hybridized carbons (Fsp3) is 0.538. The van der Waals surface area contributed by atoms with Crippen LogP contribution in [0, 0.1) is 6.92 Å². The third-order valence-electron chi connectivity index (χ3n) is 6.45. The summed E-state index contributed by atoms with van der Waals surface area (Å²) in [5, 5.41) is 5.27. The zero-order valence-electron chi connectivity index (χ0n) is 22.0. The number of amides is 4. The molecule has 4 rings (SSSR count). The number of para-hydroxylation sites is 1. The first-order valence-corrected chi connectivity index (χ1v) is 12.7. The molecule has 0 spiro atoms. The molecule has 2 saturated heterocycles. The number of nitrogens with zero attached hydrogens (tertiary/aromatic N) is 3. The first kappa shape index (κ1) is 27.2. The van der Waals surface area contributed by atoms with Gasteiger partial charge in [-0.2, -0.15) is 0 Å². The van der Waals surface area contributed by atoms with Crippen molar-refractivity contribution in [2.75, 3.05) is 25.0 Å². The molecule has 12 heteroatoms. The van der Waals surface area contributed by atoms with Crippen molar-refractivity contribution >= 4 is 40.4 Å². The molecule has 204 valence electrons. The molecule has 4 amide bonds. The van der Waals surface area contributed by atoms with Gasteiger partial charge in [0.15, 0.2) is 0 Å². The van der Waals surface area contributed by atoms with E-state index < -0.39 is 29.0 Å². The molecule has 2 N–H and O–H groups in total. The minimum absolute atomic E-state index is 0.135. The number of likely N-dealkylation sites (tertiary alicyclic amines) is 1. The van der Waals surface area contributed by atoms with Crippen LogP contribution in [0.15, 0.2) is 23.0 Å². The van der Waals surface area contributed by atoms with Crippen molar-refractivity contribution in [2.45, 2.75) is 71.1 Å². The van der Waals surface area contributed by atoms with Crippen molar-refractivity contribution in [3.05, 3.63) is 34.4 Å². The van der Waals surface area contributed by atoms with E-state index in [2.05, 4.69) is 15.6 Å². The molecule has 38 heavy (non-hydrogen) atoms. The monoisotopic (exact) mass is 527 g/mol. The summed E-state index contributed by atoms with van der Waals surface area (Å²) >= 11 is 0. The third-order valence-corrected chi connectivity index (χ3v) is 6.45. The molecule has 2 fully saturated rings. The van der Waals surface area contributed by atoms with Crippen molar-refractivity contribution in [2.24, 2.45) is 0 Å². The van der Waals surface area contributed by atoms with Crippen LogP contribution in [0.2, 0.25) is 0 Å². The van der Waals surface area contributed by atoms with Gasteiger partial charge in [0.25, 0.3) is 5.56 Å². The lowest BCUT2D eigenvalue weighted by atomic mass is 10.1. The Kier molecular flexibility index (Phi) is 7.81. The summed E-state index contributed by atoms with van der Waals surface area (Å²) in [4.78, 5) is 68.2. The molecule has 1 atom stereocenters. The molecule has 0 bridgehead atoms. The van der Waals surface area contributed by atoms with Crippen molar-refractivity contribution < 1.29 is 28.7 Å². The van der Waals surface area contributed by atoms with Crippen LogP contribution in [-0.4, -0.2) is 69.7 Å². The third kappa shape index (κ3) is 6.18. The van der Waals surface area contributed by atoms with E-state index >= 15 is 0 Å². The van der Waals surface area contributed by atoms with Gasteiger partial charge in [0.2, 0.25) is 17.7 Å². The molecular weight excluding hydrogens is 494 g/mol. The Morgan fingerprint density at radius 3 is 2.50 bits per heavy atom. The molecule has 3 heterocycles. The number of hydrogen-bond acceptors (Lipinski definition) is 8. The SMILES string of the molecule is Cc1nc2c(NC(=O)COC3CCN(C(=O)OC(C)(C)C)CC3)cccc2c(=O)n1C1CCC(=O)NC1=O. The molecule has 0 aliphatic carbocycles. The Bertz CT molecular complexity index is 1320. The molecule has 2 aliphatic heterocycles. The first-order valence-electron chi connectivity index (χ1n) is 12.7. The van der Waals surface area contributed by atoms with Crippen LogP contribution in [0.4, 0.5) is 10.5 Å². The average Bonchev–Trinajstić information content (AvgIpc) is 2.84. The molecule has 0 saturated carbocycles. The summed E-state index contributed by atoms with van der Waals surface area (Å²) in [7, 11) is 0. The van der Waals surface area contributed by atoms with E-state index in [-0.39, 0.29) is 42.9 Å². The number of piperidine rings is 2. The number of carbonyl (C=O) groups excluding carboxylic acids is 4. The fourth-order valence-electron chi connectivity index (χ4n) is 4.64. The van der Waals surface area contributed by atoms with Crippen LogP contribution in [-0.2, 0) is 23.9 Å². The van der Waals surface area contributed by atoms with Crippen molar-refractivity contribution in [3.63, 3.8) is 0 Å². The van der Waals surface area contributed by atoms with E-state index in [0.29, 0.717) is 43.0 Å². The summed E-state index contributed by atoms with van der Waals surface area (Å²) in [6.07, 6.45) is 0.986. The number of aromatic nitrogens is 2. The van der Waals surface area contributed by atoms with Crippen LogP contribution >= 0.6 is 0 Å². The molecule has 1 aromatic carbocycles. The van der Waals surface area contributed by atoms with E-state index in [9.17, 15) is 24.0 Å². The second-order valence-electron chi connectivity index (χ2n) is 10.5. The molecule has 1 aromatic heterocycles. The van der Waals surface area contributed by atoms with E-state index in [4.69, 9.17) is 9.47 Å². The highest BCUT2D eigenvalue weighted by atomic mass is 16.6. The van der Waals surface area contributed by atoms with Gasteiger partial charge < -0.3 is 19.7 Å². The van der Waals surface area contributed by atoms with E-state index in [0.717, 1.165) is 0 Å². The standard InChI is InChI=1S/C26H33N5O7/c1-15-27-22-17(24(35)31(15)19-8-9-20(32)29-23(19)34)6-5-7-18(22)28-21(33)14-37-16-10-12-30(13-11-16)25(36)38-26(2,3)4/h5-7,16,19H,8-14H2,1-4H3,(H,28,33)(H,29,32,34). The smallest absolute Gasteiger partial charge is 0.410 e. The van der Waals surface area contributed by atoms with E-state index in [1.54, 1.807) is 30.0 Å². The van der Waals surface area contributed by atoms with Gasteiger partial charge in [-0.15, -0.1) is 0 Å². The zero-order valence-corrected chi connectivity index (χ0v) is 22.0. The van der Waals surface area contributed by atoms with Gasteiger partial charge in [0.05, 0.1) is 17.2 Å². The predicted molar refractivity (Wildman–Crippen MR) is 138 cm³/mol. The van der Waals surface area contributed by atoms with Gasteiger partial charge in [-0.1, -0.05) is 6.07 Å². The lowest BCUT2D eigenvalue weighted by Gasteiger charge is -2.33. The fourth-order valence-corrected chi connectivity index (χ4v) is 4.64. The molecule has 2 aliphatic rings. The van der Waals surface area contributed by atoms with Crippen LogP contribution in [0.25, 0.3) is 10.9 Å². The summed E-state index contributed by atoms with van der Waals surface area (Å²) in [6, 6.07) is 4.02. The Morgan fingerprint density at radius 2 is 1.84 bits per heavy atom. The van der Waals surface area contributed by atoms with Crippen LogP contribution in [0.1, 0.15) is 58.3 Å². The Labute approximate surface area is 219 Å². The van der Waals surface area contributed by atoms with E-state index in [1.807, 2.05) is 20.8 Å². The quantitative estimate of drug-likeness (QED) is 0.561. The van der Waals surface area contributed by atoms with Crippen molar-refractivity contribution in [1.82, 2.24) is 19.8 Å². The number of imide groups is 1. The highest BCUT2D eigenvalue weighted by Gasteiger charge is 2.31. The Hall–Kier alpha value is -3.80. The molecular formula is C26H33N5O7. The van der Waals surface area contributed by atoms with Gasteiger partial charge in [-0.25, -0.2) is 9.78 Å². The largest absolute Gasteiger partial charge is 0.444 e. The second-order valence-corrected chi connectivity index (χ2v) is 10.5. The maximum Gasteiger partial charge on any atom is 0.410 e. The van der Waals surface area contributed by atoms with Crippen molar-refractivity contribution in [1.29, 1.82) is 0 Å². The van der Waals surface area contributed by atoms with Crippen LogP contribution < -0.4 is 16.2 Å². The minimum atomic E-state index is -0.828. The lowest BCUT2D eigenvalue weighted by Crippen LogP contribution is -2.45. The van der Waals surface area contributed by atoms with E-state index in [1.165, 1.54) is 4.57 Å². The molecule has 12 nitrogen and oxygen atoms in total. The van der Waals surface area contributed by atoms with Crippen molar-refractivity contribution in [3.8, 4) is 0 Å². The number of hydrogen-bond donors (Lipinski definition) is 2. The van der Waals surface area contributed by atoms with Gasteiger partial charge in [0.1, 0.15) is 29.6 Å². The van der Waals surface area contributed by atoms with Gasteiger partial charge in [0, 0.05) is 19.5 Å². The number of aryl methyl sites for hydroxylation is 1. The average molecular weight is 528 g/mol. The zero-order chi connectivity index (χ0) is 27.6. The van der Waals surface area contributed by atoms with Gasteiger partial charge in [-0.3, -0.25) is 29.1 Å². The molecule has 1 unspecified atom stereocenters. The summed E-state index contributed by atoms with van der Waals surface area (Å²) < 4.78 is 12.5. The molecule has 2 aromatic rings. The number of rotatable bonds is 5. The summed E-state index contributed by atoms with van der Waals surface area (Å²) in [5.41, 5.74) is -0.328.